The molecular formula is C7H6O6. The van der Waals surface area contributed by atoms with Crippen molar-refractivity contribution < 1.29 is 29.7 Å². The Hall–Kier alpha value is -2.11. The van der Waals surface area contributed by atoms with Crippen molar-refractivity contribution in [2.75, 3.05) is 0 Å². The second kappa shape index (κ2) is 4.70. The third-order valence-corrected chi connectivity index (χ3v) is 1.03. The van der Waals surface area contributed by atoms with Gasteiger partial charge in [-0.25, -0.2) is 9.59 Å². The van der Waals surface area contributed by atoms with Crippen LogP contribution in [0, 0.1) is 0 Å². The van der Waals surface area contributed by atoms with Crippen LogP contribution in [0.5, 0.6) is 0 Å². The fraction of sp³-hybridized carbons (Fsp3) is 0. The lowest BCUT2D eigenvalue weighted by molar-refractivity contribution is -0.138. The molecule has 13 heavy (non-hydrogen) atoms. The molecule has 6 nitrogen and oxygen atoms in total. The van der Waals surface area contributed by atoms with Crippen LogP contribution in [0.3, 0.4) is 0 Å². The summed E-state index contributed by atoms with van der Waals surface area (Å²) in [6, 6.07) is 0. The van der Waals surface area contributed by atoms with Gasteiger partial charge in [-0.15, -0.1) is 0 Å². The first kappa shape index (κ1) is 10.9. The lowest BCUT2D eigenvalue weighted by atomic mass is 10.2. The smallest absolute Gasteiger partial charge is 0.371 e. The van der Waals surface area contributed by atoms with E-state index in [4.69, 9.17) is 15.3 Å². The monoisotopic (exact) mass is 186 g/mol. The predicted molar refractivity (Wildman–Crippen MR) is 40.1 cm³/mol. The van der Waals surface area contributed by atoms with Crippen molar-refractivity contribution in [3.63, 3.8) is 0 Å². The van der Waals surface area contributed by atoms with Crippen LogP contribution in [0.15, 0.2) is 23.5 Å². The molecule has 0 unspecified atom stereocenters. The van der Waals surface area contributed by atoms with Crippen LogP contribution in [0.25, 0.3) is 0 Å². The summed E-state index contributed by atoms with van der Waals surface area (Å²) in [6.07, 6.45) is 1.72. The Labute approximate surface area is 72.4 Å². The molecule has 0 bridgehead atoms. The Morgan fingerprint density at radius 2 is 1.54 bits per heavy atom. The molecule has 0 aromatic rings. The Kier molecular flexibility index (Phi) is 3.94. The minimum Gasteiger partial charge on any atom is -0.501 e. The molecule has 0 aliphatic carbocycles. The number of carboxylic acids is 2. The maximum Gasteiger partial charge on any atom is 0.371 e. The van der Waals surface area contributed by atoms with Gasteiger partial charge in [-0.2, -0.15) is 0 Å². The normalized spacial score (nSPS) is 12.3. The molecule has 0 aliphatic rings. The van der Waals surface area contributed by atoms with E-state index in [0.717, 1.165) is 6.08 Å². The summed E-state index contributed by atoms with van der Waals surface area (Å²) in [5.41, 5.74) is -0.848. The van der Waals surface area contributed by atoms with Gasteiger partial charge in [-0.1, -0.05) is 0 Å². The number of aldehydes is 1. The highest BCUT2D eigenvalue weighted by Crippen LogP contribution is 2.03. The van der Waals surface area contributed by atoms with Gasteiger partial charge in [0.1, 0.15) is 11.9 Å². The number of aliphatic carboxylic acids is 2. The van der Waals surface area contributed by atoms with Gasteiger partial charge in [0.15, 0.2) is 0 Å². The second-order valence-corrected chi connectivity index (χ2v) is 1.87. The highest BCUT2D eigenvalue weighted by Gasteiger charge is 2.16. The van der Waals surface area contributed by atoms with Crippen LogP contribution >= 0.6 is 0 Å². The van der Waals surface area contributed by atoms with Gasteiger partial charge in [-0.05, 0) is 12.2 Å². The number of rotatable bonds is 4. The second-order valence-electron chi connectivity index (χ2n) is 1.87. The fourth-order valence-corrected chi connectivity index (χ4v) is 0.502. The van der Waals surface area contributed by atoms with Gasteiger partial charge in [0.25, 0.3) is 0 Å². The first-order valence-corrected chi connectivity index (χ1v) is 3.02. The molecule has 0 aliphatic heterocycles. The first-order chi connectivity index (χ1) is 6.00. The number of carbonyl (C=O) groups is 3. The van der Waals surface area contributed by atoms with Crippen LogP contribution in [0.2, 0.25) is 0 Å². The summed E-state index contributed by atoms with van der Waals surface area (Å²) in [4.78, 5) is 30.2. The van der Waals surface area contributed by atoms with Crippen LogP contribution in [-0.2, 0) is 14.4 Å². The minimum absolute atomic E-state index is 0.262. The van der Waals surface area contributed by atoms with Crippen LogP contribution in [0.4, 0.5) is 0 Å². The highest BCUT2D eigenvalue weighted by molar-refractivity contribution is 5.99. The molecule has 0 atom stereocenters. The maximum absolute atomic E-state index is 10.3. The first-order valence-electron chi connectivity index (χ1n) is 3.02. The van der Waals surface area contributed by atoms with Gasteiger partial charge in [0, 0.05) is 0 Å². The molecule has 0 fully saturated rings. The van der Waals surface area contributed by atoms with E-state index >= 15 is 0 Å². The molecule has 0 amide bonds. The molecule has 0 radical (unpaired) electrons. The van der Waals surface area contributed by atoms with Crippen molar-refractivity contribution in [1.82, 2.24) is 0 Å². The summed E-state index contributed by atoms with van der Waals surface area (Å²) in [5, 5.41) is 25.3. The summed E-state index contributed by atoms with van der Waals surface area (Å²) in [6.45, 7) is 0. The number of allylic oxidation sites excluding steroid dienone is 1. The van der Waals surface area contributed by atoms with Crippen molar-refractivity contribution in [2.24, 2.45) is 0 Å². The van der Waals surface area contributed by atoms with E-state index < -0.39 is 23.3 Å². The number of carbonyl (C=O) groups excluding carboxylic acids is 1. The number of aliphatic hydroxyl groups excluding tert-OH is 1. The average Bonchev–Trinajstić information content (AvgIpc) is 2.04. The quantitative estimate of drug-likeness (QED) is 0.241. The third kappa shape index (κ3) is 3.19. The lowest BCUT2D eigenvalue weighted by Gasteiger charge is -1.95. The average molecular weight is 186 g/mol. The molecule has 0 aromatic heterocycles. The van der Waals surface area contributed by atoms with Crippen LogP contribution in [0.1, 0.15) is 0 Å². The SMILES string of the molecule is O=C/C=C/C(C(=O)O)=C(/O)C(=O)O. The molecule has 0 saturated carbocycles. The molecule has 0 rings (SSSR count). The van der Waals surface area contributed by atoms with Crippen molar-refractivity contribution in [3.8, 4) is 0 Å². The van der Waals surface area contributed by atoms with Gasteiger partial charge in [-0.3, -0.25) is 4.79 Å². The van der Waals surface area contributed by atoms with Crippen molar-refractivity contribution in [3.05, 3.63) is 23.5 Å². The molecule has 0 spiro atoms. The summed E-state index contributed by atoms with van der Waals surface area (Å²) >= 11 is 0. The number of aliphatic hydroxyl groups is 1. The van der Waals surface area contributed by atoms with Crippen molar-refractivity contribution >= 4 is 18.2 Å². The Morgan fingerprint density at radius 3 is 1.85 bits per heavy atom. The standard InChI is InChI=1S/C7H6O6/c8-3-1-2-4(6(10)11)5(9)7(12)13/h1-3,9H,(H,10,11)(H,12,13)/b2-1+,5-4-. The fourth-order valence-electron chi connectivity index (χ4n) is 0.502. The van der Waals surface area contributed by atoms with Crippen LogP contribution < -0.4 is 0 Å². The zero-order chi connectivity index (χ0) is 10.4. The topological polar surface area (TPSA) is 112 Å². The van der Waals surface area contributed by atoms with E-state index in [9.17, 15) is 14.4 Å². The van der Waals surface area contributed by atoms with Crippen LogP contribution in [-0.4, -0.2) is 33.5 Å². The van der Waals surface area contributed by atoms with Crippen molar-refractivity contribution in [2.45, 2.75) is 0 Å². The number of carboxylic acid groups (broad SMARTS) is 2. The summed E-state index contributed by atoms with van der Waals surface area (Å²) in [7, 11) is 0. The van der Waals surface area contributed by atoms with E-state index in [0.29, 0.717) is 6.08 Å². The minimum atomic E-state index is -1.77. The maximum atomic E-state index is 10.3. The summed E-state index contributed by atoms with van der Waals surface area (Å²) in [5.74, 6) is -4.71. The van der Waals surface area contributed by atoms with E-state index in [1.807, 2.05) is 0 Å². The van der Waals surface area contributed by atoms with Gasteiger partial charge in [0.2, 0.25) is 5.76 Å². The molecule has 0 aromatic carbocycles. The number of hydrogen-bond acceptors (Lipinski definition) is 4. The summed E-state index contributed by atoms with van der Waals surface area (Å²) < 4.78 is 0. The lowest BCUT2D eigenvalue weighted by Crippen LogP contribution is -2.09. The van der Waals surface area contributed by atoms with Gasteiger partial charge in [0.05, 0.1) is 0 Å². The zero-order valence-electron chi connectivity index (χ0n) is 6.30. The van der Waals surface area contributed by atoms with E-state index in [1.54, 1.807) is 0 Å². The highest BCUT2D eigenvalue weighted by atomic mass is 16.4. The van der Waals surface area contributed by atoms with Crippen molar-refractivity contribution in [1.29, 1.82) is 0 Å². The Balaban J connectivity index is 5.11. The van der Waals surface area contributed by atoms with Gasteiger partial charge < -0.3 is 15.3 Å². The molecule has 0 heterocycles. The number of hydrogen-bond donors (Lipinski definition) is 3. The molecule has 3 N–H and O–H groups in total. The van der Waals surface area contributed by atoms with Gasteiger partial charge >= 0.3 is 11.9 Å². The zero-order valence-corrected chi connectivity index (χ0v) is 6.30. The third-order valence-electron chi connectivity index (χ3n) is 1.03. The van der Waals surface area contributed by atoms with E-state index in [1.165, 1.54) is 0 Å². The Bertz CT molecular complexity index is 298. The largest absolute Gasteiger partial charge is 0.501 e. The van der Waals surface area contributed by atoms with E-state index in [2.05, 4.69) is 0 Å². The predicted octanol–water partition coefficient (Wildman–Crippen LogP) is -0.277. The molecule has 6 heteroatoms. The molecular weight excluding hydrogens is 180 g/mol. The van der Waals surface area contributed by atoms with E-state index in [-0.39, 0.29) is 6.29 Å². The Morgan fingerprint density at radius 1 is 1.00 bits per heavy atom. The molecule has 70 valence electrons. The molecule has 0 saturated heterocycles.